The molecule has 0 radical (unpaired) electrons. The zero-order chi connectivity index (χ0) is 15.0. The molecule has 1 aliphatic rings. The second kappa shape index (κ2) is 7.79. The van der Waals surface area contributed by atoms with Crippen LogP contribution in [-0.2, 0) is 23.9 Å². The summed E-state index contributed by atoms with van der Waals surface area (Å²) in [5, 5.41) is 3.86. The molecule has 0 N–H and O–H groups in total. The SMILES string of the molecule is C=CC[C@]1(C(=O)OCC)CCC/C1=N\OC(=O)COC. The maximum atomic E-state index is 12.2. The van der Waals surface area contributed by atoms with Gasteiger partial charge in [0.15, 0.2) is 0 Å². The van der Waals surface area contributed by atoms with Crippen LogP contribution in [0, 0.1) is 5.41 Å². The Kier molecular flexibility index (Phi) is 6.38. The zero-order valence-electron chi connectivity index (χ0n) is 12.0. The molecule has 1 atom stereocenters. The van der Waals surface area contributed by atoms with Crippen LogP contribution in [0.5, 0.6) is 0 Å². The summed E-state index contributed by atoms with van der Waals surface area (Å²) in [7, 11) is 1.39. The van der Waals surface area contributed by atoms with Crippen LogP contribution in [0.4, 0.5) is 0 Å². The van der Waals surface area contributed by atoms with Crippen LogP contribution < -0.4 is 0 Å². The smallest absolute Gasteiger partial charge is 0.360 e. The van der Waals surface area contributed by atoms with Crippen molar-refractivity contribution in [2.45, 2.75) is 32.6 Å². The molecule has 0 spiro atoms. The van der Waals surface area contributed by atoms with Gasteiger partial charge in [0.1, 0.15) is 12.0 Å². The van der Waals surface area contributed by atoms with Gasteiger partial charge in [-0.25, -0.2) is 4.79 Å². The summed E-state index contributed by atoms with van der Waals surface area (Å²) in [5.74, 6) is -0.929. The van der Waals surface area contributed by atoms with E-state index in [9.17, 15) is 9.59 Å². The number of carbonyl (C=O) groups excluding carboxylic acids is 2. The Labute approximate surface area is 118 Å². The summed E-state index contributed by atoms with van der Waals surface area (Å²) < 4.78 is 9.79. The van der Waals surface area contributed by atoms with Gasteiger partial charge in [0, 0.05) is 7.11 Å². The molecule has 0 aromatic rings. The lowest BCUT2D eigenvalue weighted by Crippen LogP contribution is -2.37. The minimum Gasteiger partial charge on any atom is -0.465 e. The molecule has 0 unspecified atom stereocenters. The van der Waals surface area contributed by atoms with E-state index in [2.05, 4.69) is 16.5 Å². The fraction of sp³-hybridized carbons (Fsp3) is 0.643. The molecule has 0 saturated heterocycles. The first-order valence-corrected chi connectivity index (χ1v) is 6.65. The summed E-state index contributed by atoms with van der Waals surface area (Å²) in [5.41, 5.74) is -0.300. The Morgan fingerprint density at radius 3 is 2.85 bits per heavy atom. The molecule has 1 rings (SSSR count). The first kappa shape index (κ1) is 16.4. The lowest BCUT2D eigenvalue weighted by molar-refractivity contribution is -0.152. The van der Waals surface area contributed by atoms with Gasteiger partial charge in [-0.15, -0.1) is 6.58 Å². The van der Waals surface area contributed by atoms with Crippen LogP contribution in [0.25, 0.3) is 0 Å². The first-order chi connectivity index (χ1) is 9.60. The number of methoxy groups -OCH3 is 1. The van der Waals surface area contributed by atoms with Gasteiger partial charge in [-0.05, 0) is 32.6 Å². The van der Waals surface area contributed by atoms with E-state index >= 15 is 0 Å². The predicted octanol–water partition coefficient (Wildman–Crippen LogP) is 1.84. The number of oxime groups is 1. The van der Waals surface area contributed by atoms with Gasteiger partial charge in [-0.2, -0.15) is 0 Å². The minimum absolute atomic E-state index is 0.176. The highest BCUT2D eigenvalue weighted by Gasteiger charge is 2.47. The topological polar surface area (TPSA) is 74.2 Å². The monoisotopic (exact) mass is 283 g/mol. The molecule has 6 nitrogen and oxygen atoms in total. The maximum absolute atomic E-state index is 12.2. The van der Waals surface area contributed by atoms with Crippen molar-refractivity contribution in [3.63, 3.8) is 0 Å². The highest BCUT2D eigenvalue weighted by Crippen LogP contribution is 2.40. The van der Waals surface area contributed by atoms with Crippen LogP contribution in [0.15, 0.2) is 17.8 Å². The third kappa shape index (κ3) is 3.66. The van der Waals surface area contributed by atoms with Crippen molar-refractivity contribution in [2.75, 3.05) is 20.3 Å². The minimum atomic E-state index is -0.842. The van der Waals surface area contributed by atoms with Gasteiger partial charge in [-0.1, -0.05) is 11.2 Å². The van der Waals surface area contributed by atoms with Gasteiger partial charge < -0.3 is 14.3 Å². The summed E-state index contributed by atoms with van der Waals surface area (Å²) in [6.07, 6.45) is 4.11. The number of ether oxygens (including phenoxy) is 2. The summed E-state index contributed by atoms with van der Waals surface area (Å²) in [6.45, 7) is 5.56. The number of carbonyl (C=O) groups is 2. The lowest BCUT2D eigenvalue weighted by Gasteiger charge is -2.25. The van der Waals surface area contributed by atoms with Crippen molar-refractivity contribution in [1.29, 1.82) is 0 Å². The van der Waals surface area contributed by atoms with Gasteiger partial charge in [0.2, 0.25) is 0 Å². The molecule has 0 amide bonds. The normalized spacial score (nSPS) is 23.6. The molecule has 0 heterocycles. The number of nitrogens with zero attached hydrogens (tertiary/aromatic N) is 1. The maximum Gasteiger partial charge on any atom is 0.360 e. The lowest BCUT2D eigenvalue weighted by atomic mass is 9.81. The van der Waals surface area contributed by atoms with E-state index in [0.717, 1.165) is 6.42 Å². The number of hydrogen-bond donors (Lipinski definition) is 0. The van der Waals surface area contributed by atoms with Crippen molar-refractivity contribution in [3.8, 4) is 0 Å². The molecule has 1 aliphatic carbocycles. The summed E-state index contributed by atoms with van der Waals surface area (Å²) in [6, 6.07) is 0. The molecule has 1 fully saturated rings. The Bertz CT molecular complexity index is 404. The second-order valence-corrected chi connectivity index (χ2v) is 4.58. The van der Waals surface area contributed by atoms with E-state index in [0.29, 0.717) is 31.6 Å². The predicted molar refractivity (Wildman–Crippen MR) is 73.1 cm³/mol. The first-order valence-electron chi connectivity index (χ1n) is 6.65. The largest absolute Gasteiger partial charge is 0.465 e. The van der Waals surface area contributed by atoms with Crippen molar-refractivity contribution >= 4 is 17.7 Å². The van der Waals surface area contributed by atoms with E-state index < -0.39 is 11.4 Å². The molecule has 112 valence electrons. The highest BCUT2D eigenvalue weighted by atomic mass is 16.7. The Balaban J connectivity index is 2.91. The molecule has 0 aromatic carbocycles. The highest BCUT2D eigenvalue weighted by molar-refractivity contribution is 6.08. The van der Waals surface area contributed by atoms with E-state index in [1.54, 1.807) is 13.0 Å². The van der Waals surface area contributed by atoms with Gasteiger partial charge in [0.05, 0.1) is 12.3 Å². The Morgan fingerprint density at radius 2 is 2.25 bits per heavy atom. The van der Waals surface area contributed by atoms with Gasteiger partial charge >= 0.3 is 11.9 Å². The molecule has 6 heteroatoms. The quantitative estimate of drug-likeness (QED) is 0.308. The number of esters is 1. The average molecular weight is 283 g/mol. The Hall–Kier alpha value is -1.69. The van der Waals surface area contributed by atoms with Crippen molar-refractivity contribution in [3.05, 3.63) is 12.7 Å². The van der Waals surface area contributed by atoms with Crippen LogP contribution in [0.1, 0.15) is 32.6 Å². The molecular weight excluding hydrogens is 262 g/mol. The number of hydrogen-bond acceptors (Lipinski definition) is 6. The summed E-state index contributed by atoms with van der Waals surface area (Å²) >= 11 is 0. The third-order valence-electron chi connectivity index (χ3n) is 3.25. The van der Waals surface area contributed by atoms with Gasteiger partial charge in [-0.3, -0.25) is 4.79 Å². The van der Waals surface area contributed by atoms with Crippen molar-refractivity contribution in [1.82, 2.24) is 0 Å². The molecule has 20 heavy (non-hydrogen) atoms. The average Bonchev–Trinajstić information content (AvgIpc) is 2.82. The van der Waals surface area contributed by atoms with E-state index in [4.69, 9.17) is 9.57 Å². The van der Waals surface area contributed by atoms with E-state index in [1.165, 1.54) is 7.11 Å². The van der Waals surface area contributed by atoms with Crippen LogP contribution in [0.3, 0.4) is 0 Å². The molecule has 1 saturated carbocycles. The molecular formula is C14H21NO5. The fourth-order valence-electron chi connectivity index (χ4n) is 2.36. The van der Waals surface area contributed by atoms with E-state index in [-0.39, 0.29) is 12.6 Å². The second-order valence-electron chi connectivity index (χ2n) is 4.58. The van der Waals surface area contributed by atoms with Gasteiger partial charge in [0.25, 0.3) is 0 Å². The van der Waals surface area contributed by atoms with Crippen LogP contribution >= 0.6 is 0 Å². The number of allylic oxidation sites excluding steroid dienone is 1. The Morgan fingerprint density at radius 1 is 1.50 bits per heavy atom. The zero-order valence-corrected chi connectivity index (χ0v) is 12.0. The number of rotatable bonds is 7. The van der Waals surface area contributed by atoms with E-state index in [1.807, 2.05) is 0 Å². The summed E-state index contributed by atoms with van der Waals surface area (Å²) in [4.78, 5) is 28.3. The van der Waals surface area contributed by atoms with Crippen LogP contribution in [0.2, 0.25) is 0 Å². The van der Waals surface area contributed by atoms with Crippen molar-refractivity contribution in [2.24, 2.45) is 10.6 Å². The molecule has 0 aromatic heterocycles. The van der Waals surface area contributed by atoms with Crippen molar-refractivity contribution < 1.29 is 23.9 Å². The standard InChI is InChI=1S/C14H21NO5/c1-4-8-14(13(17)19-5-2)9-6-7-11(14)15-20-12(16)10-18-3/h4H,1,5-10H2,2-3H3/b15-11+/t14-/m0/s1. The molecule has 0 aliphatic heterocycles. The molecule has 0 bridgehead atoms. The fourth-order valence-corrected chi connectivity index (χ4v) is 2.36. The third-order valence-corrected chi connectivity index (χ3v) is 3.25. The van der Waals surface area contributed by atoms with Crippen LogP contribution in [-0.4, -0.2) is 38.0 Å².